The lowest BCUT2D eigenvalue weighted by Crippen LogP contribution is -2.22. The topological polar surface area (TPSA) is 98.8 Å². The molecular formula is C19H20N2O6S. The number of aryl methyl sites for hydroxylation is 1. The maximum Gasteiger partial charge on any atom is 0.419 e. The van der Waals surface area contributed by atoms with Gasteiger partial charge in [-0.3, -0.25) is 4.57 Å². The van der Waals surface area contributed by atoms with Gasteiger partial charge in [-0.1, -0.05) is 18.2 Å². The number of aromatic nitrogens is 1. The molecule has 1 aromatic heterocycles. The van der Waals surface area contributed by atoms with Crippen molar-refractivity contribution in [3.8, 4) is 0 Å². The van der Waals surface area contributed by atoms with Crippen molar-refractivity contribution >= 4 is 27.1 Å². The van der Waals surface area contributed by atoms with Crippen molar-refractivity contribution in [2.45, 2.75) is 17.9 Å². The van der Waals surface area contributed by atoms with Crippen molar-refractivity contribution in [2.75, 3.05) is 20.7 Å². The van der Waals surface area contributed by atoms with Gasteiger partial charge in [0.2, 0.25) is 10.0 Å². The molecule has 0 aliphatic carbocycles. The number of benzene rings is 2. The van der Waals surface area contributed by atoms with Gasteiger partial charge < -0.3 is 9.15 Å². The molecule has 148 valence electrons. The number of fused-ring (bicyclic) bond motifs is 1. The smallest absolute Gasteiger partial charge is 0.419 e. The number of esters is 1. The number of para-hydroxylation sites is 2. The fourth-order valence-corrected chi connectivity index (χ4v) is 3.64. The van der Waals surface area contributed by atoms with Crippen molar-refractivity contribution in [3.63, 3.8) is 0 Å². The maximum atomic E-state index is 12.2. The highest BCUT2D eigenvalue weighted by molar-refractivity contribution is 7.89. The number of carbonyl (C=O) groups is 1. The molecule has 9 heteroatoms. The normalized spacial score (nSPS) is 11.8. The van der Waals surface area contributed by atoms with Crippen molar-refractivity contribution in [3.05, 3.63) is 64.6 Å². The van der Waals surface area contributed by atoms with Crippen LogP contribution in [0.4, 0.5) is 0 Å². The molecule has 0 spiro atoms. The molecule has 0 aliphatic rings. The number of oxazole rings is 1. The number of hydrogen-bond acceptors (Lipinski definition) is 6. The first-order valence-electron chi connectivity index (χ1n) is 8.59. The lowest BCUT2D eigenvalue weighted by Gasteiger charge is -2.12. The third-order valence-corrected chi connectivity index (χ3v) is 5.99. The summed E-state index contributed by atoms with van der Waals surface area (Å²) in [6, 6.07) is 12.8. The van der Waals surface area contributed by atoms with E-state index in [9.17, 15) is 18.0 Å². The first-order chi connectivity index (χ1) is 13.3. The van der Waals surface area contributed by atoms with Crippen LogP contribution in [0.25, 0.3) is 11.1 Å². The van der Waals surface area contributed by atoms with Crippen LogP contribution in [0.15, 0.2) is 62.6 Å². The first-order valence-corrected chi connectivity index (χ1v) is 10.0. The van der Waals surface area contributed by atoms with Crippen LogP contribution in [0, 0.1) is 0 Å². The molecule has 0 radical (unpaired) electrons. The summed E-state index contributed by atoms with van der Waals surface area (Å²) in [6.45, 7) is 0.410. The number of nitrogens with zero attached hydrogens (tertiary/aromatic N) is 2. The molecule has 3 aromatic rings. The minimum atomic E-state index is -3.64. The van der Waals surface area contributed by atoms with Crippen molar-refractivity contribution < 1.29 is 22.4 Å². The van der Waals surface area contributed by atoms with Gasteiger partial charge in [0.25, 0.3) is 0 Å². The van der Waals surface area contributed by atoms with E-state index in [-0.39, 0.29) is 17.1 Å². The van der Waals surface area contributed by atoms with Gasteiger partial charge in [0.05, 0.1) is 22.6 Å². The molecule has 0 N–H and O–H groups in total. The van der Waals surface area contributed by atoms with Gasteiger partial charge in [-0.05, 0) is 36.8 Å². The molecule has 0 amide bonds. The first kappa shape index (κ1) is 19.8. The second kappa shape index (κ2) is 7.99. The Balaban J connectivity index is 1.62. The third kappa shape index (κ3) is 4.00. The zero-order chi connectivity index (χ0) is 20.3. The lowest BCUT2D eigenvalue weighted by molar-refractivity contribution is 0.0495. The average molecular weight is 404 g/mol. The standard InChI is InChI=1S/C19H20N2O6S/c1-20(2)28(24,25)15-8-5-7-14(13-15)18(22)26-12-6-11-21-16-9-3-4-10-17(16)27-19(21)23/h3-5,7-10,13H,6,11-12H2,1-2H3. The number of rotatable bonds is 7. The molecule has 0 bridgehead atoms. The number of hydrogen-bond donors (Lipinski definition) is 0. The summed E-state index contributed by atoms with van der Waals surface area (Å²) < 4.78 is 37.3. The highest BCUT2D eigenvalue weighted by Crippen LogP contribution is 2.16. The largest absolute Gasteiger partial charge is 0.462 e. The summed E-state index contributed by atoms with van der Waals surface area (Å²) in [5.74, 6) is -1.09. The summed E-state index contributed by atoms with van der Waals surface area (Å²) in [4.78, 5) is 24.1. The second-order valence-corrected chi connectivity index (χ2v) is 8.44. The molecule has 0 atom stereocenters. The summed E-state index contributed by atoms with van der Waals surface area (Å²) in [7, 11) is -0.799. The number of sulfonamides is 1. The maximum absolute atomic E-state index is 12.2. The van der Waals surface area contributed by atoms with E-state index in [1.165, 1.54) is 42.9 Å². The van der Waals surface area contributed by atoms with Crippen LogP contribution < -0.4 is 5.76 Å². The molecule has 0 unspecified atom stereocenters. The molecule has 0 fully saturated rings. The molecule has 0 aliphatic heterocycles. The van der Waals surface area contributed by atoms with E-state index < -0.39 is 21.7 Å². The Morgan fingerprint density at radius 2 is 1.89 bits per heavy atom. The minimum Gasteiger partial charge on any atom is -0.462 e. The average Bonchev–Trinajstić information content (AvgIpc) is 3.00. The predicted octanol–water partition coefficient (Wildman–Crippen LogP) is 2.09. The van der Waals surface area contributed by atoms with Gasteiger partial charge in [0.1, 0.15) is 0 Å². The van der Waals surface area contributed by atoms with Crippen LogP contribution in [0.2, 0.25) is 0 Å². The van der Waals surface area contributed by atoms with E-state index in [0.717, 1.165) is 4.31 Å². The third-order valence-electron chi connectivity index (χ3n) is 4.18. The highest BCUT2D eigenvalue weighted by Gasteiger charge is 2.19. The van der Waals surface area contributed by atoms with Crippen LogP contribution in [-0.4, -0.2) is 44.0 Å². The summed E-state index contributed by atoms with van der Waals surface area (Å²) >= 11 is 0. The van der Waals surface area contributed by atoms with Crippen LogP contribution in [0.3, 0.4) is 0 Å². The van der Waals surface area contributed by atoms with Crippen molar-refractivity contribution in [1.29, 1.82) is 0 Å². The Hall–Kier alpha value is -2.91. The van der Waals surface area contributed by atoms with Crippen molar-refractivity contribution in [1.82, 2.24) is 8.87 Å². The van der Waals surface area contributed by atoms with E-state index in [1.54, 1.807) is 18.2 Å². The summed E-state index contributed by atoms with van der Waals surface area (Å²) in [5, 5.41) is 0. The van der Waals surface area contributed by atoms with Crippen LogP contribution in [0.1, 0.15) is 16.8 Å². The molecule has 28 heavy (non-hydrogen) atoms. The molecule has 1 heterocycles. The molecular weight excluding hydrogens is 384 g/mol. The van der Waals surface area contributed by atoms with E-state index in [0.29, 0.717) is 24.1 Å². The molecule has 0 saturated heterocycles. The van der Waals surface area contributed by atoms with E-state index in [4.69, 9.17) is 9.15 Å². The number of carbonyl (C=O) groups excluding carboxylic acids is 1. The zero-order valence-corrected chi connectivity index (χ0v) is 16.3. The molecule has 0 saturated carbocycles. The Labute approximate surface area is 162 Å². The van der Waals surface area contributed by atoms with E-state index >= 15 is 0 Å². The van der Waals surface area contributed by atoms with Gasteiger partial charge in [-0.25, -0.2) is 22.3 Å². The Kier molecular flexibility index (Phi) is 5.66. The van der Waals surface area contributed by atoms with Crippen LogP contribution in [0.5, 0.6) is 0 Å². The molecule has 8 nitrogen and oxygen atoms in total. The van der Waals surface area contributed by atoms with E-state index in [2.05, 4.69) is 0 Å². The van der Waals surface area contributed by atoms with Crippen molar-refractivity contribution in [2.24, 2.45) is 0 Å². The highest BCUT2D eigenvalue weighted by atomic mass is 32.2. The van der Waals surface area contributed by atoms with Gasteiger partial charge in [0.15, 0.2) is 5.58 Å². The lowest BCUT2D eigenvalue weighted by atomic mass is 10.2. The predicted molar refractivity (Wildman–Crippen MR) is 103 cm³/mol. The van der Waals surface area contributed by atoms with Crippen LogP contribution in [-0.2, 0) is 21.3 Å². The number of ether oxygens (including phenoxy) is 1. The Morgan fingerprint density at radius 1 is 1.14 bits per heavy atom. The second-order valence-electron chi connectivity index (χ2n) is 6.29. The van der Waals surface area contributed by atoms with Gasteiger partial charge in [-0.15, -0.1) is 0 Å². The summed E-state index contributed by atoms with van der Waals surface area (Å²) in [6.07, 6.45) is 0.408. The zero-order valence-electron chi connectivity index (χ0n) is 15.5. The van der Waals surface area contributed by atoms with Gasteiger partial charge in [-0.2, -0.15) is 0 Å². The van der Waals surface area contributed by atoms with E-state index in [1.807, 2.05) is 6.07 Å². The Bertz CT molecular complexity index is 1160. The quantitative estimate of drug-likeness (QED) is 0.442. The molecule has 2 aromatic carbocycles. The monoisotopic (exact) mass is 404 g/mol. The molecule has 3 rings (SSSR count). The fourth-order valence-electron chi connectivity index (χ4n) is 2.69. The Morgan fingerprint density at radius 3 is 2.64 bits per heavy atom. The summed E-state index contributed by atoms with van der Waals surface area (Å²) in [5.41, 5.74) is 1.33. The fraction of sp³-hybridized carbons (Fsp3) is 0.263. The van der Waals surface area contributed by atoms with Gasteiger partial charge in [0, 0.05) is 20.6 Å². The SMILES string of the molecule is CN(C)S(=O)(=O)c1cccc(C(=O)OCCCn2c(=O)oc3ccccc32)c1. The minimum absolute atomic E-state index is 0.0170. The van der Waals surface area contributed by atoms with Gasteiger partial charge >= 0.3 is 11.7 Å². The van der Waals surface area contributed by atoms with Crippen LogP contribution >= 0.6 is 0 Å².